The first-order valence-corrected chi connectivity index (χ1v) is 25.2. The van der Waals surface area contributed by atoms with E-state index in [9.17, 15) is 28.3 Å². The summed E-state index contributed by atoms with van der Waals surface area (Å²) in [6, 6.07) is 0. The summed E-state index contributed by atoms with van der Waals surface area (Å²) in [5, 5.41) is 0.415. The van der Waals surface area contributed by atoms with Crippen LogP contribution in [0, 0.1) is 11.8 Å². The fourth-order valence-electron chi connectivity index (χ4n) is 4.45. The highest BCUT2D eigenvalue weighted by molar-refractivity contribution is 8.77. The smallest absolute Gasteiger partial charge is 0.466 e. The number of esters is 1. The van der Waals surface area contributed by atoms with Crippen molar-refractivity contribution in [2.24, 2.45) is 0 Å². The second-order valence-electron chi connectivity index (χ2n) is 12.1. The molecule has 19 nitrogen and oxygen atoms in total. The van der Waals surface area contributed by atoms with Gasteiger partial charge in [-0.05, 0) is 30.3 Å². The van der Waals surface area contributed by atoms with Crippen LogP contribution in [-0.2, 0) is 71.2 Å². The topological polar surface area (TPSA) is 271 Å². The SMILES string of the molecule is CS(=S)CO[C@H]1C[C@H](n2cc(C#CCCC(=O)OCCCCOCSSC(C)(C)C)c3c(N)ncnc32)O[C@@H]1COP(=O)(O)OP(=O)(O)OP(=O)(O)O. The van der Waals surface area contributed by atoms with Gasteiger partial charge in [-0.2, -0.15) is 8.62 Å². The molecular formula is C27H43N4O15P3S4. The predicted octanol–water partition coefficient (Wildman–Crippen LogP) is 4.31. The lowest BCUT2D eigenvalue weighted by Gasteiger charge is -2.21. The molecule has 2 aromatic heterocycles. The minimum absolute atomic E-state index is 0.0682. The molecule has 3 unspecified atom stereocenters. The number of anilines is 1. The molecule has 6 atom stereocenters. The van der Waals surface area contributed by atoms with Gasteiger partial charge in [0.15, 0.2) is 0 Å². The van der Waals surface area contributed by atoms with Crippen LogP contribution >= 0.6 is 45.1 Å². The van der Waals surface area contributed by atoms with E-state index in [-0.39, 0.29) is 48.3 Å². The first-order valence-electron chi connectivity index (χ1n) is 15.6. The lowest BCUT2D eigenvalue weighted by atomic mass is 10.2. The van der Waals surface area contributed by atoms with Gasteiger partial charge in [0.2, 0.25) is 0 Å². The average Bonchev–Trinajstić information content (AvgIpc) is 3.60. The van der Waals surface area contributed by atoms with Crippen molar-refractivity contribution in [2.75, 3.05) is 43.7 Å². The molecule has 300 valence electrons. The van der Waals surface area contributed by atoms with Crippen molar-refractivity contribution >= 4 is 88.5 Å². The maximum absolute atomic E-state index is 12.4. The van der Waals surface area contributed by atoms with Crippen LogP contribution in [0.25, 0.3) is 11.0 Å². The number of phosphoric acid groups is 3. The molecule has 1 fully saturated rings. The van der Waals surface area contributed by atoms with Crippen molar-refractivity contribution in [3.63, 3.8) is 0 Å². The third kappa shape index (κ3) is 17.4. The van der Waals surface area contributed by atoms with E-state index in [0.29, 0.717) is 35.6 Å². The van der Waals surface area contributed by atoms with Gasteiger partial charge in [-0.15, -0.1) is 0 Å². The quantitative estimate of drug-likeness (QED) is 0.0292. The van der Waals surface area contributed by atoms with Crippen molar-refractivity contribution in [1.82, 2.24) is 14.5 Å². The van der Waals surface area contributed by atoms with Crippen molar-refractivity contribution < 1.29 is 70.2 Å². The Bertz CT molecular complexity index is 1780. The summed E-state index contributed by atoms with van der Waals surface area (Å²) in [5.74, 6) is 6.40. The summed E-state index contributed by atoms with van der Waals surface area (Å²) in [4.78, 5) is 57.6. The van der Waals surface area contributed by atoms with Crippen LogP contribution in [0.4, 0.5) is 5.82 Å². The number of aromatic nitrogens is 3. The maximum atomic E-state index is 12.4. The summed E-state index contributed by atoms with van der Waals surface area (Å²) in [6.45, 7) is 6.54. The molecule has 53 heavy (non-hydrogen) atoms. The summed E-state index contributed by atoms with van der Waals surface area (Å²) in [6.07, 6.45) is 3.77. The number of fused-ring (bicyclic) bond motifs is 1. The van der Waals surface area contributed by atoms with E-state index in [0.717, 1.165) is 6.42 Å². The number of phosphoric ester groups is 1. The van der Waals surface area contributed by atoms with E-state index in [4.69, 9.17) is 50.2 Å². The van der Waals surface area contributed by atoms with Crippen molar-refractivity contribution in [3.05, 3.63) is 18.1 Å². The Morgan fingerprint density at radius 1 is 1.15 bits per heavy atom. The number of ether oxygens (including phenoxy) is 4. The van der Waals surface area contributed by atoms with Crippen molar-refractivity contribution in [1.29, 1.82) is 0 Å². The summed E-state index contributed by atoms with van der Waals surface area (Å²) >= 11 is 5.21. The van der Waals surface area contributed by atoms with Gasteiger partial charge in [-0.25, -0.2) is 23.7 Å². The molecule has 0 aliphatic carbocycles. The van der Waals surface area contributed by atoms with Crippen LogP contribution in [0.15, 0.2) is 12.5 Å². The fraction of sp³-hybridized carbons (Fsp3) is 0.667. The molecule has 0 saturated carbocycles. The highest BCUT2D eigenvalue weighted by Crippen LogP contribution is 2.66. The average molecular weight is 885 g/mol. The minimum atomic E-state index is -5.72. The first-order chi connectivity index (χ1) is 24.6. The highest BCUT2D eigenvalue weighted by Gasteiger charge is 2.43. The van der Waals surface area contributed by atoms with Gasteiger partial charge in [0.05, 0.1) is 42.6 Å². The summed E-state index contributed by atoms with van der Waals surface area (Å²) in [5.41, 5.74) is 6.96. The number of unbranched alkanes of at least 4 members (excludes halogenated alkanes) is 1. The number of carbonyl (C=O) groups is 1. The van der Waals surface area contributed by atoms with E-state index in [1.807, 2.05) is 0 Å². The lowest BCUT2D eigenvalue weighted by molar-refractivity contribution is -0.143. The Hall–Kier alpha value is -0.990. The van der Waals surface area contributed by atoms with E-state index in [1.54, 1.807) is 38.6 Å². The second-order valence-corrected chi connectivity index (χ2v) is 22.7. The van der Waals surface area contributed by atoms with E-state index >= 15 is 0 Å². The van der Waals surface area contributed by atoms with Gasteiger partial charge < -0.3 is 48.8 Å². The number of hydrogen-bond donors (Lipinski definition) is 5. The zero-order valence-corrected chi connectivity index (χ0v) is 35.1. The van der Waals surface area contributed by atoms with Crippen LogP contribution in [0.2, 0.25) is 0 Å². The summed E-state index contributed by atoms with van der Waals surface area (Å²) < 4.78 is 72.1. The van der Waals surface area contributed by atoms with Crippen molar-refractivity contribution in [3.8, 4) is 11.8 Å². The normalized spacial score (nSPS) is 20.7. The van der Waals surface area contributed by atoms with E-state index < -0.39 is 58.0 Å². The molecule has 0 amide bonds. The largest absolute Gasteiger partial charge is 0.490 e. The van der Waals surface area contributed by atoms with E-state index in [2.05, 4.69) is 51.2 Å². The number of nitrogens with zero attached hydrogens (tertiary/aromatic N) is 3. The molecule has 0 bridgehead atoms. The lowest BCUT2D eigenvalue weighted by Crippen LogP contribution is -2.29. The Morgan fingerprint density at radius 3 is 2.55 bits per heavy atom. The standard InChI is InChI=1S/C27H43N4O15P3S4/c1-27(2,3)52-51-17-40-11-7-8-12-41-23(32)10-6-5-9-19-14-31(26-24(19)25(28)29-16-30-26)22-13-20(42-18-53(4)50)21(44-22)15-43-48(36,37)46-49(38,39)45-47(33,34)35/h14,16,20-22H,6-8,10-13,15,17-18H2,1-4H3,(H,36,37)(H,38,39)(H2,28,29,30)(H2,33,34,35)/t20-,21+,22+,53?/m0/s1. The van der Waals surface area contributed by atoms with Gasteiger partial charge in [-0.3, -0.25) is 9.32 Å². The molecule has 3 rings (SSSR count). The van der Waals surface area contributed by atoms with E-state index in [1.165, 1.54) is 6.33 Å². The van der Waals surface area contributed by atoms with Crippen molar-refractivity contribution in [2.45, 2.75) is 76.1 Å². The van der Waals surface area contributed by atoms with Crippen LogP contribution in [-0.4, -0.2) is 95.0 Å². The van der Waals surface area contributed by atoms with Crippen LogP contribution in [0.3, 0.4) is 0 Å². The Balaban J connectivity index is 1.61. The predicted molar refractivity (Wildman–Crippen MR) is 203 cm³/mol. The number of hydrogen-bond acceptors (Lipinski definition) is 17. The Kier molecular flexibility index (Phi) is 18.4. The second kappa shape index (κ2) is 21.0. The van der Waals surface area contributed by atoms with Crippen LogP contribution in [0.1, 0.15) is 64.7 Å². The first kappa shape index (κ1) is 46.4. The molecule has 0 aromatic carbocycles. The zero-order valence-electron chi connectivity index (χ0n) is 29.1. The maximum Gasteiger partial charge on any atom is 0.490 e. The van der Waals surface area contributed by atoms with Gasteiger partial charge in [0.25, 0.3) is 0 Å². The molecule has 0 spiro atoms. The molecule has 0 radical (unpaired) electrons. The molecule has 1 aliphatic heterocycles. The minimum Gasteiger partial charge on any atom is -0.466 e. The molecule has 2 aromatic rings. The van der Waals surface area contributed by atoms with Gasteiger partial charge >= 0.3 is 29.4 Å². The monoisotopic (exact) mass is 884 g/mol. The van der Waals surface area contributed by atoms with Gasteiger partial charge in [0.1, 0.15) is 36.1 Å². The molecule has 1 saturated heterocycles. The Morgan fingerprint density at radius 2 is 1.87 bits per heavy atom. The molecule has 3 heterocycles. The number of carbonyl (C=O) groups excluding carboxylic acids is 1. The number of nitrogen functional groups attached to an aromatic ring is 1. The number of rotatable bonds is 21. The van der Waals surface area contributed by atoms with Gasteiger partial charge in [0, 0.05) is 30.4 Å². The Labute approximate surface area is 321 Å². The molecule has 6 N–H and O–H groups in total. The fourth-order valence-corrected chi connectivity index (χ4v) is 10.0. The van der Waals surface area contributed by atoms with Gasteiger partial charge in [-0.1, -0.05) is 63.7 Å². The number of nitrogens with two attached hydrogens (primary N) is 1. The summed E-state index contributed by atoms with van der Waals surface area (Å²) in [7, 11) is -13.9. The third-order valence-electron chi connectivity index (χ3n) is 6.46. The highest BCUT2D eigenvalue weighted by atomic mass is 33.1. The molecule has 1 aliphatic rings. The molecule has 26 heteroatoms. The third-order valence-corrected chi connectivity index (χ3v) is 14.0. The van der Waals surface area contributed by atoms with Crippen LogP contribution in [0.5, 0.6) is 0 Å². The van der Waals surface area contributed by atoms with Crippen LogP contribution < -0.4 is 5.73 Å². The zero-order chi connectivity index (χ0) is 39.5. The molecular weight excluding hydrogens is 842 g/mol.